The van der Waals surface area contributed by atoms with E-state index in [4.69, 9.17) is 5.11 Å². The maximum absolute atomic E-state index is 11.0. The summed E-state index contributed by atoms with van der Waals surface area (Å²) in [7, 11) is 0. The number of para-hydroxylation sites is 2. The zero-order chi connectivity index (χ0) is 18.1. The summed E-state index contributed by atoms with van der Waals surface area (Å²) in [4.78, 5) is 20.3. The van der Waals surface area contributed by atoms with Crippen LogP contribution in [-0.2, 0) is 17.8 Å². The number of nitrogens with one attached hydrogen (secondary N) is 1. The molecule has 0 aliphatic heterocycles. The maximum Gasteiger partial charge on any atom is 0.325 e. The molecule has 0 fully saturated rings. The van der Waals surface area contributed by atoms with E-state index in [1.165, 1.54) is 4.68 Å². The van der Waals surface area contributed by atoms with E-state index in [0.29, 0.717) is 16.9 Å². The van der Waals surface area contributed by atoms with Gasteiger partial charge in [-0.1, -0.05) is 24.3 Å². The van der Waals surface area contributed by atoms with Crippen molar-refractivity contribution in [1.29, 1.82) is 0 Å². The lowest BCUT2D eigenvalue weighted by Gasteiger charge is -2.11. The molecule has 0 radical (unpaired) electrons. The number of carbonyl (C=O) groups is 1. The van der Waals surface area contributed by atoms with Crippen LogP contribution < -0.4 is 5.32 Å². The number of fused-ring (bicyclic) bond motifs is 2. The second-order valence-electron chi connectivity index (χ2n) is 5.83. The van der Waals surface area contributed by atoms with Crippen LogP contribution in [0.15, 0.2) is 42.5 Å². The molecule has 2 aromatic heterocycles. The molecule has 130 valence electrons. The first-order valence-electron chi connectivity index (χ1n) is 8.22. The van der Waals surface area contributed by atoms with Gasteiger partial charge in [0, 0.05) is 5.69 Å². The number of hydrogen-bond donors (Lipinski definition) is 2. The zero-order valence-electron chi connectivity index (χ0n) is 14.0. The van der Waals surface area contributed by atoms with E-state index in [-0.39, 0.29) is 6.54 Å². The van der Waals surface area contributed by atoms with Gasteiger partial charge in [-0.2, -0.15) is 0 Å². The smallest absolute Gasteiger partial charge is 0.325 e. The third kappa shape index (κ3) is 2.92. The topological polar surface area (TPSA) is 106 Å². The Bertz CT molecular complexity index is 1120. The average molecular weight is 348 g/mol. The molecule has 4 rings (SSSR count). The molecule has 0 amide bonds. The van der Waals surface area contributed by atoms with Crippen LogP contribution in [0.1, 0.15) is 12.6 Å². The van der Waals surface area contributed by atoms with Crippen LogP contribution in [0.2, 0.25) is 0 Å². The summed E-state index contributed by atoms with van der Waals surface area (Å²) in [5.41, 5.74) is 4.58. The van der Waals surface area contributed by atoms with Crippen LogP contribution in [-0.4, -0.2) is 36.0 Å². The van der Waals surface area contributed by atoms with Crippen molar-refractivity contribution in [3.05, 3.63) is 48.2 Å². The number of rotatable bonds is 5. The van der Waals surface area contributed by atoms with E-state index in [1.54, 1.807) is 6.07 Å². The second kappa shape index (κ2) is 6.40. The van der Waals surface area contributed by atoms with Gasteiger partial charge in [0.15, 0.2) is 5.82 Å². The van der Waals surface area contributed by atoms with Crippen molar-refractivity contribution in [2.45, 2.75) is 19.9 Å². The third-order valence-electron chi connectivity index (χ3n) is 4.04. The van der Waals surface area contributed by atoms with Crippen LogP contribution in [0.4, 0.5) is 11.5 Å². The fourth-order valence-electron chi connectivity index (χ4n) is 2.81. The molecule has 8 heteroatoms. The third-order valence-corrected chi connectivity index (χ3v) is 4.04. The SMILES string of the molecule is CCc1nc2ccccc2nc1Nc1ccc2nnn(CC(=O)O)c2c1. The molecule has 0 aliphatic carbocycles. The Hall–Kier alpha value is -3.55. The van der Waals surface area contributed by atoms with Gasteiger partial charge >= 0.3 is 5.97 Å². The highest BCUT2D eigenvalue weighted by Crippen LogP contribution is 2.24. The fraction of sp³-hybridized carbons (Fsp3) is 0.167. The molecule has 0 bridgehead atoms. The molecule has 0 saturated carbocycles. The standard InChI is InChI=1S/C18H16N6O2/c1-2-12-18(21-14-6-4-3-5-13(14)20-12)19-11-7-8-15-16(9-11)24(23-22-15)10-17(25)26/h3-9H,2,10H2,1H3,(H,19,21)(H,25,26). The van der Waals surface area contributed by atoms with Gasteiger partial charge < -0.3 is 10.4 Å². The molecule has 2 aromatic carbocycles. The average Bonchev–Trinajstić information content (AvgIpc) is 3.03. The summed E-state index contributed by atoms with van der Waals surface area (Å²) in [6, 6.07) is 13.2. The largest absolute Gasteiger partial charge is 0.480 e. The molecule has 0 spiro atoms. The molecule has 0 atom stereocenters. The number of carboxylic acid groups (broad SMARTS) is 1. The summed E-state index contributed by atoms with van der Waals surface area (Å²) in [5.74, 6) is -0.286. The van der Waals surface area contributed by atoms with Crippen LogP contribution in [0, 0.1) is 0 Å². The first-order valence-corrected chi connectivity index (χ1v) is 8.22. The minimum Gasteiger partial charge on any atom is -0.480 e. The first-order chi connectivity index (χ1) is 12.6. The van der Waals surface area contributed by atoms with Gasteiger partial charge in [-0.3, -0.25) is 4.79 Å². The molecular formula is C18H16N6O2. The maximum atomic E-state index is 11.0. The molecule has 2 heterocycles. The van der Waals surface area contributed by atoms with E-state index in [2.05, 4.69) is 25.6 Å². The number of carboxylic acids is 1. The summed E-state index contributed by atoms with van der Waals surface area (Å²) in [6.07, 6.45) is 0.737. The van der Waals surface area contributed by atoms with Crippen LogP contribution in [0.5, 0.6) is 0 Å². The van der Waals surface area contributed by atoms with Crippen LogP contribution in [0.3, 0.4) is 0 Å². The first kappa shape index (κ1) is 15.9. The minimum atomic E-state index is -0.969. The minimum absolute atomic E-state index is 0.240. The van der Waals surface area contributed by atoms with Crippen molar-refractivity contribution in [1.82, 2.24) is 25.0 Å². The number of anilines is 2. The highest BCUT2D eigenvalue weighted by molar-refractivity contribution is 5.82. The van der Waals surface area contributed by atoms with Crippen molar-refractivity contribution >= 4 is 39.5 Å². The Kier molecular flexibility index (Phi) is 3.92. The Morgan fingerprint density at radius 3 is 2.62 bits per heavy atom. The van der Waals surface area contributed by atoms with Gasteiger partial charge in [0.1, 0.15) is 12.1 Å². The Morgan fingerprint density at radius 2 is 1.88 bits per heavy atom. The summed E-state index contributed by atoms with van der Waals surface area (Å²) in [6.45, 7) is 1.79. The molecule has 26 heavy (non-hydrogen) atoms. The Labute approximate surface area is 148 Å². The van der Waals surface area contributed by atoms with Gasteiger partial charge in [-0.25, -0.2) is 14.6 Å². The number of benzene rings is 2. The van der Waals surface area contributed by atoms with Gasteiger partial charge in [-0.05, 0) is 36.8 Å². The van der Waals surface area contributed by atoms with Crippen molar-refractivity contribution in [2.75, 3.05) is 5.32 Å². The number of aromatic nitrogens is 5. The number of hydrogen-bond acceptors (Lipinski definition) is 6. The summed E-state index contributed by atoms with van der Waals surface area (Å²) >= 11 is 0. The van der Waals surface area contributed by atoms with Gasteiger partial charge in [-0.15, -0.1) is 5.10 Å². The monoisotopic (exact) mass is 348 g/mol. The number of aliphatic carboxylic acids is 1. The van der Waals surface area contributed by atoms with Gasteiger partial charge in [0.2, 0.25) is 0 Å². The van der Waals surface area contributed by atoms with Crippen molar-refractivity contribution in [3.63, 3.8) is 0 Å². The Morgan fingerprint density at radius 1 is 1.12 bits per heavy atom. The molecule has 4 aromatic rings. The quantitative estimate of drug-likeness (QED) is 0.571. The van der Waals surface area contributed by atoms with Crippen LogP contribution in [0.25, 0.3) is 22.1 Å². The molecule has 0 aliphatic rings. The second-order valence-corrected chi connectivity index (χ2v) is 5.83. The molecule has 8 nitrogen and oxygen atoms in total. The number of nitrogens with zero attached hydrogens (tertiary/aromatic N) is 5. The van der Waals surface area contributed by atoms with Crippen molar-refractivity contribution in [3.8, 4) is 0 Å². The zero-order valence-corrected chi connectivity index (χ0v) is 14.0. The van der Waals surface area contributed by atoms with Crippen LogP contribution >= 0.6 is 0 Å². The predicted octanol–water partition coefficient (Wildman–Crippen LogP) is 2.77. The van der Waals surface area contributed by atoms with E-state index < -0.39 is 5.97 Å². The highest BCUT2D eigenvalue weighted by atomic mass is 16.4. The molecule has 0 saturated heterocycles. The van der Waals surface area contributed by atoms with E-state index in [1.807, 2.05) is 43.3 Å². The molecule has 2 N–H and O–H groups in total. The van der Waals surface area contributed by atoms with E-state index in [0.717, 1.165) is 28.8 Å². The molecule has 0 unspecified atom stereocenters. The number of aryl methyl sites for hydroxylation is 1. The van der Waals surface area contributed by atoms with E-state index >= 15 is 0 Å². The lowest BCUT2D eigenvalue weighted by Crippen LogP contribution is -2.10. The normalized spacial score (nSPS) is 11.1. The van der Waals surface area contributed by atoms with E-state index in [9.17, 15) is 4.79 Å². The lowest BCUT2D eigenvalue weighted by atomic mass is 10.2. The van der Waals surface area contributed by atoms with Crippen molar-refractivity contribution in [2.24, 2.45) is 0 Å². The van der Waals surface area contributed by atoms with Crippen molar-refractivity contribution < 1.29 is 9.90 Å². The summed E-state index contributed by atoms with van der Waals surface area (Å²) < 4.78 is 1.36. The highest BCUT2D eigenvalue weighted by Gasteiger charge is 2.11. The Balaban J connectivity index is 1.74. The fourth-order valence-corrected chi connectivity index (χ4v) is 2.81. The van der Waals surface area contributed by atoms with Gasteiger partial charge in [0.25, 0.3) is 0 Å². The lowest BCUT2D eigenvalue weighted by molar-refractivity contribution is -0.137. The predicted molar refractivity (Wildman–Crippen MR) is 97.4 cm³/mol. The molecular weight excluding hydrogens is 332 g/mol. The van der Waals surface area contributed by atoms with Gasteiger partial charge in [0.05, 0.1) is 22.2 Å². The summed E-state index contributed by atoms with van der Waals surface area (Å²) in [5, 5.41) is 20.2.